The van der Waals surface area contributed by atoms with Crippen LogP contribution in [0.4, 0.5) is 5.13 Å². The maximum atomic E-state index is 13.4. The summed E-state index contributed by atoms with van der Waals surface area (Å²) in [7, 11) is 1.73. The van der Waals surface area contributed by atoms with Crippen LogP contribution in [0.25, 0.3) is 22.2 Å². The molecule has 1 amide bonds. The first-order chi connectivity index (χ1) is 14.6. The normalized spacial score (nSPS) is 11.3. The molecule has 0 radical (unpaired) electrons. The van der Waals surface area contributed by atoms with Crippen LogP contribution in [0.3, 0.4) is 0 Å². The molecule has 148 valence electrons. The van der Waals surface area contributed by atoms with Crippen LogP contribution < -0.4 is 4.90 Å². The number of aromatic nitrogens is 2. The molecule has 0 bridgehead atoms. The molecule has 3 aromatic carbocycles. The Morgan fingerprint density at radius 1 is 0.900 bits per heavy atom. The quantitative estimate of drug-likeness (QED) is 0.256. The average Bonchev–Trinajstić information content (AvgIpc) is 3.28. The molecule has 0 aliphatic carbocycles. The van der Waals surface area contributed by atoms with Crippen molar-refractivity contribution >= 4 is 50.0 Å². The zero-order valence-corrected chi connectivity index (χ0v) is 18.6. The minimum absolute atomic E-state index is 0.136. The van der Waals surface area contributed by atoms with Crippen LogP contribution in [0, 0.1) is 0 Å². The highest BCUT2D eigenvalue weighted by Gasteiger charge is 2.21. The summed E-state index contributed by atoms with van der Waals surface area (Å²) in [6.45, 7) is 0. The predicted molar refractivity (Wildman–Crippen MR) is 127 cm³/mol. The molecule has 4 aromatic rings. The molecule has 6 heteroatoms. The highest BCUT2D eigenvalue weighted by atomic mass is 79.9. The molecule has 1 aromatic heterocycles. The van der Waals surface area contributed by atoms with Gasteiger partial charge in [-0.15, -0.1) is 10.2 Å². The van der Waals surface area contributed by atoms with Gasteiger partial charge >= 0.3 is 0 Å². The summed E-state index contributed by atoms with van der Waals surface area (Å²) in [6.07, 6.45) is 1.91. The van der Waals surface area contributed by atoms with E-state index >= 15 is 0 Å². The van der Waals surface area contributed by atoms with Crippen LogP contribution in [-0.4, -0.2) is 23.2 Å². The molecule has 0 aliphatic rings. The molecule has 0 fully saturated rings. The highest BCUT2D eigenvalue weighted by molar-refractivity contribution is 9.10. The number of amides is 1. The van der Waals surface area contributed by atoms with Crippen LogP contribution in [0.2, 0.25) is 0 Å². The smallest absolute Gasteiger partial charge is 0.260 e. The Hall–Kier alpha value is -3.09. The lowest BCUT2D eigenvalue weighted by Gasteiger charge is -2.16. The van der Waals surface area contributed by atoms with Crippen molar-refractivity contribution in [3.05, 3.63) is 101 Å². The van der Waals surface area contributed by atoms with E-state index in [1.54, 1.807) is 11.9 Å². The van der Waals surface area contributed by atoms with Gasteiger partial charge in [-0.3, -0.25) is 9.69 Å². The summed E-state index contributed by atoms with van der Waals surface area (Å²) in [5.41, 5.74) is 3.39. The van der Waals surface area contributed by atoms with E-state index in [2.05, 4.69) is 26.1 Å². The molecule has 0 spiro atoms. The molecule has 0 N–H and O–H groups in total. The third-order valence-corrected chi connectivity index (χ3v) is 6.10. The molecule has 4 rings (SSSR count). The third kappa shape index (κ3) is 4.56. The molecule has 0 unspecified atom stereocenters. The average molecular weight is 476 g/mol. The largest absolute Gasteiger partial charge is 0.286 e. The lowest BCUT2D eigenvalue weighted by molar-refractivity contribution is -0.113. The van der Waals surface area contributed by atoms with Crippen molar-refractivity contribution in [3.8, 4) is 10.6 Å². The van der Waals surface area contributed by atoms with Gasteiger partial charge in [-0.25, -0.2) is 0 Å². The van der Waals surface area contributed by atoms with Gasteiger partial charge in [0.05, 0.1) is 0 Å². The molecule has 1 heterocycles. The van der Waals surface area contributed by atoms with Gasteiger partial charge in [-0.1, -0.05) is 100 Å². The van der Waals surface area contributed by atoms with Gasteiger partial charge < -0.3 is 0 Å². The SMILES string of the molecule is CN(C(=O)/C(=C\c1ccccc1)c1ccccc1)c1nnc(-c2ccc(Br)cc2)s1. The van der Waals surface area contributed by atoms with Crippen molar-refractivity contribution in [1.82, 2.24) is 10.2 Å². The molecule has 0 aliphatic heterocycles. The van der Waals surface area contributed by atoms with Crippen molar-refractivity contribution in [3.63, 3.8) is 0 Å². The number of hydrogen-bond acceptors (Lipinski definition) is 4. The van der Waals surface area contributed by atoms with Gasteiger partial charge in [-0.05, 0) is 29.3 Å². The van der Waals surface area contributed by atoms with Crippen LogP contribution in [0.5, 0.6) is 0 Å². The minimum atomic E-state index is -0.136. The van der Waals surface area contributed by atoms with Crippen LogP contribution in [0.15, 0.2) is 89.4 Å². The zero-order valence-electron chi connectivity index (χ0n) is 16.2. The Labute approximate surface area is 187 Å². The Kier molecular flexibility index (Phi) is 6.16. The van der Waals surface area contributed by atoms with Crippen molar-refractivity contribution in [2.24, 2.45) is 0 Å². The number of carbonyl (C=O) groups excluding carboxylic acids is 1. The summed E-state index contributed by atoms with van der Waals surface area (Å²) < 4.78 is 1.00. The summed E-state index contributed by atoms with van der Waals surface area (Å²) in [4.78, 5) is 15.0. The monoisotopic (exact) mass is 475 g/mol. The lowest BCUT2D eigenvalue weighted by atomic mass is 10.0. The maximum Gasteiger partial charge on any atom is 0.260 e. The van der Waals surface area contributed by atoms with E-state index < -0.39 is 0 Å². The van der Waals surface area contributed by atoms with Crippen LogP contribution >= 0.6 is 27.3 Å². The Balaban J connectivity index is 1.66. The van der Waals surface area contributed by atoms with Crippen molar-refractivity contribution in [2.45, 2.75) is 0 Å². The fourth-order valence-corrected chi connectivity index (χ4v) is 4.00. The number of benzene rings is 3. The zero-order chi connectivity index (χ0) is 20.9. The van der Waals surface area contributed by atoms with Crippen molar-refractivity contribution in [2.75, 3.05) is 11.9 Å². The lowest BCUT2D eigenvalue weighted by Crippen LogP contribution is -2.27. The fraction of sp³-hybridized carbons (Fsp3) is 0.0417. The number of hydrogen-bond donors (Lipinski definition) is 0. The summed E-state index contributed by atoms with van der Waals surface area (Å²) in [5, 5.41) is 9.85. The number of carbonyl (C=O) groups is 1. The van der Waals surface area contributed by atoms with E-state index in [1.807, 2.05) is 91.0 Å². The Morgan fingerprint density at radius 2 is 1.53 bits per heavy atom. The topological polar surface area (TPSA) is 46.1 Å². The number of anilines is 1. The van der Waals surface area contributed by atoms with Gasteiger partial charge in [0.15, 0.2) is 0 Å². The van der Waals surface area contributed by atoms with Crippen LogP contribution in [0.1, 0.15) is 11.1 Å². The van der Waals surface area contributed by atoms with Crippen LogP contribution in [-0.2, 0) is 4.79 Å². The van der Waals surface area contributed by atoms with E-state index in [1.165, 1.54) is 11.3 Å². The molecule has 0 saturated carbocycles. The van der Waals surface area contributed by atoms with E-state index in [9.17, 15) is 4.79 Å². The second-order valence-electron chi connectivity index (χ2n) is 6.60. The number of nitrogens with zero attached hydrogens (tertiary/aromatic N) is 3. The molecule has 30 heavy (non-hydrogen) atoms. The van der Waals surface area contributed by atoms with E-state index in [4.69, 9.17) is 0 Å². The summed E-state index contributed by atoms with van der Waals surface area (Å²) in [6, 6.07) is 27.4. The van der Waals surface area contributed by atoms with Gasteiger partial charge in [0.25, 0.3) is 5.91 Å². The number of likely N-dealkylation sites (N-methyl/N-ethyl adjacent to an activating group) is 1. The number of rotatable bonds is 5. The molecular formula is C24H18BrN3OS. The van der Waals surface area contributed by atoms with E-state index in [-0.39, 0.29) is 5.91 Å². The second kappa shape index (κ2) is 9.15. The Morgan fingerprint density at radius 3 is 2.20 bits per heavy atom. The van der Waals surface area contributed by atoms with Gasteiger partial charge in [0.2, 0.25) is 5.13 Å². The molecule has 0 saturated heterocycles. The van der Waals surface area contributed by atoms with Gasteiger partial charge in [0, 0.05) is 22.7 Å². The molecule has 4 nitrogen and oxygen atoms in total. The first-order valence-corrected chi connectivity index (χ1v) is 10.9. The first-order valence-electron chi connectivity index (χ1n) is 9.31. The standard InChI is InChI=1S/C24H18BrN3OS/c1-28(24-27-26-22(30-24)19-12-14-20(25)15-13-19)23(29)21(18-10-6-3-7-11-18)16-17-8-4-2-5-9-17/h2-16H,1H3/b21-16-. The minimum Gasteiger partial charge on any atom is -0.286 e. The number of halogens is 1. The Bertz CT molecular complexity index is 1170. The van der Waals surface area contributed by atoms with Gasteiger partial charge in [0.1, 0.15) is 5.01 Å². The first kappa shape index (κ1) is 20.2. The summed E-state index contributed by atoms with van der Waals surface area (Å²) in [5.74, 6) is -0.136. The predicted octanol–water partition coefficient (Wildman–Crippen LogP) is 6.17. The fourth-order valence-electron chi connectivity index (χ4n) is 2.93. The van der Waals surface area contributed by atoms with E-state index in [0.29, 0.717) is 10.7 Å². The van der Waals surface area contributed by atoms with Crippen molar-refractivity contribution in [1.29, 1.82) is 0 Å². The van der Waals surface area contributed by atoms with Gasteiger partial charge in [-0.2, -0.15) is 0 Å². The summed E-state index contributed by atoms with van der Waals surface area (Å²) >= 11 is 4.83. The highest BCUT2D eigenvalue weighted by Crippen LogP contribution is 2.31. The second-order valence-corrected chi connectivity index (χ2v) is 8.47. The van der Waals surface area contributed by atoms with Crippen molar-refractivity contribution < 1.29 is 4.79 Å². The van der Waals surface area contributed by atoms with E-state index in [0.717, 1.165) is 26.2 Å². The maximum absolute atomic E-state index is 13.4. The third-order valence-electron chi connectivity index (χ3n) is 4.52. The molecular weight excluding hydrogens is 458 g/mol. The molecule has 0 atom stereocenters.